The standard InChI is InChI=1S/C14H15NO2S/c1-10-15-12(9-18-10)8-13(16)6-11-4-3-5-14(7-11)17-2/h3-5,7,9H,6,8H2,1-2H3. The molecule has 0 aliphatic heterocycles. The Bertz CT molecular complexity index is 548. The lowest BCUT2D eigenvalue weighted by atomic mass is 10.1. The highest BCUT2D eigenvalue weighted by atomic mass is 32.1. The maximum Gasteiger partial charge on any atom is 0.143 e. The van der Waals surface area contributed by atoms with Crippen LogP contribution in [0.2, 0.25) is 0 Å². The van der Waals surface area contributed by atoms with Gasteiger partial charge in [0.2, 0.25) is 0 Å². The molecule has 0 amide bonds. The Morgan fingerprint density at radius 3 is 2.89 bits per heavy atom. The van der Waals surface area contributed by atoms with Gasteiger partial charge in [-0.2, -0.15) is 0 Å². The molecule has 0 atom stereocenters. The van der Waals surface area contributed by atoms with Crippen molar-refractivity contribution in [1.29, 1.82) is 0 Å². The number of carbonyl (C=O) groups is 1. The normalized spacial score (nSPS) is 10.3. The van der Waals surface area contributed by atoms with Crippen LogP contribution in [0.3, 0.4) is 0 Å². The highest BCUT2D eigenvalue weighted by Crippen LogP contribution is 2.14. The minimum atomic E-state index is 0.175. The van der Waals surface area contributed by atoms with Crippen molar-refractivity contribution in [3.8, 4) is 5.75 Å². The molecule has 94 valence electrons. The summed E-state index contributed by atoms with van der Waals surface area (Å²) in [7, 11) is 1.62. The topological polar surface area (TPSA) is 39.2 Å². The van der Waals surface area contributed by atoms with E-state index >= 15 is 0 Å². The number of thiazole rings is 1. The number of aromatic nitrogens is 1. The molecular weight excluding hydrogens is 246 g/mol. The lowest BCUT2D eigenvalue weighted by molar-refractivity contribution is -0.117. The first-order valence-corrected chi connectivity index (χ1v) is 6.61. The number of ketones is 1. The first kappa shape index (κ1) is 12.8. The summed E-state index contributed by atoms with van der Waals surface area (Å²) in [4.78, 5) is 16.2. The van der Waals surface area contributed by atoms with Crippen LogP contribution in [0, 0.1) is 6.92 Å². The Balaban J connectivity index is 1.98. The monoisotopic (exact) mass is 261 g/mol. The van der Waals surface area contributed by atoms with Gasteiger partial charge in [0.1, 0.15) is 11.5 Å². The quantitative estimate of drug-likeness (QED) is 0.830. The number of ether oxygens (including phenoxy) is 1. The van der Waals surface area contributed by atoms with E-state index in [1.165, 1.54) is 0 Å². The van der Waals surface area contributed by atoms with Gasteiger partial charge in [-0.05, 0) is 24.6 Å². The van der Waals surface area contributed by atoms with Crippen molar-refractivity contribution in [3.63, 3.8) is 0 Å². The first-order valence-electron chi connectivity index (χ1n) is 5.73. The van der Waals surface area contributed by atoms with E-state index in [0.29, 0.717) is 12.8 Å². The summed E-state index contributed by atoms with van der Waals surface area (Å²) >= 11 is 1.58. The smallest absolute Gasteiger partial charge is 0.143 e. The fourth-order valence-corrected chi connectivity index (χ4v) is 2.38. The lowest BCUT2D eigenvalue weighted by Gasteiger charge is -2.03. The number of hydrogen-bond acceptors (Lipinski definition) is 4. The van der Waals surface area contributed by atoms with Crippen molar-refractivity contribution in [3.05, 3.63) is 45.9 Å². The summed E-state index contributed by atoms with van der Waals surface area (Å²) in [6, 6.07) is 7.60. The van der Waals surface area contributed by atoms with Gasteiger partial charge in [0.05, 0.1) is 17.8 Å². The van der Waals surface area contributed by atoms with Gasteiger partial charge in [0, 0.05) is 18.2 Å². The fourth-order valence-electron chi connectivity index (χ4n) is 1.76. The summed E-state index contributed by atoms with van der Waals surface area (Å²) in [5.41, 5.74) is 1.84. The van der Waals surface area contributed by atoms with Gasteiger partial charge in [-0.1, -0.05) is 12.1 Å². The number of benzene rings is 1. The predicted molar refractivity (Wildman–Crippen MR) is 72.3 cm³/mol. The molecule has 0 aliphatic carbocycles. The Labute approximate surface area is 110 Å². The van der Waals surface area contributed by atoms with Gasteiger partial charge in [-0.25, -0.2) is 4.98 Å². The minimum Gasteiger partial charge on any atom is -0.497 e. The van der Waals surface area contributed by atoms with E-state index in [-0.39, 0.29) is 5.78 Å². The van der Waals surface area contributed by atoms with Crippen molar-refractivity contribution < 1.29 is 9.53 Å². The van der Waals surface area contributed by atoms with E-state index in [0.717, 1.165) is 22.0 Å². The van der Waals surface area contributed by atoms with Gasteiger partial charge in [0.15, 0.2) is 0 Å². The molecule has 0 aliphatic rings. The van der Waals surface area contributed by atoms with E-state index in [1.54, 1.807) is 18.4 Å². The van der Waals surface area contributed by atoms with Crippen molar-refractivity contribution in [2.24, 2.45) is 0 Å². The van der Waals surface area contributed by atoms with E-state index in [2.05, 4.69) is 4.98 Å². The Hall–Kier alpha value is -1.68. The van der Waals surface area contributed by atoms with Gasteiger partial charge in [0.25, 0.3) is 0 Å². The van der Waals surface area contributed by atoms with E-state index in [4.69, 9.17) is 4.74 Å². The SMILES string of the molecule is COc1cccc(CC(=O)Cc2csc(C)n2)c1. The third kappa shape index (κ3) is 3.40. The lowest BCUT2D eigenvalue weighted by Crippen LogP contribution is -2.07. The van der Waals surface area contributed by atoms with Crippen molar-refractivity contribution >= 4 is 17.1 Å². The highest BCUT2D eigenvalue weighted by molar-refractivity contribution is 7.09. The number of carbonyl (C=O) groups excluding carboxylic acids is 1. The van der Waals surface area contributed by atoms with Crippen LogP contribution in [-0.4, -0.2) is 17.9 Å². The molecule has 4 heteroatoms. The van der Waals surface area contributed by atoms with E-state index in [9.17, 15) is 4.79 Å². The van der Waals surface area contributed by atoms with Crippen molar-refractivity contribution in [2.75, 3.05) is 7.11 Å². The van der Waals surface area contributed by atoms with Gasteiger partial charge < -0.3 is 4.74 Å². The molecule has 1 aromatic heterocycles. The van der Waals surface area contributed by atoms with Crippen molar-refractivity contribution in [1.82, 2.24) is 4.98 Å². The number of hydrogen-bond donors (Lipinski definition) is 0. The zero-order valence-corrected chi connectivity index (χ0v) is 11.3. The molecular formula is C14H15NO2S. The molecule has 0 spiro atoms. The molecule has 0 fully saturated rings. The van der Waals surface area contributed by atoms with Crippen LogP contribution >= 0.6 is 11.3 Å². The zero-order valence-electron chi connectivity index (χ0n) is 10.5. The van der Waals surface area contributed by atoms with Gasteiger partial charge in [-0.15, -0.1) is 11.3 Å². The number of methoxy groups -OCH3 is 1. The van der Waals surface area contributed by atoms with E-state index < -0.39 is 0 Å². The van der Waals surface area contributed by atoms with Crippen LogP contribution in [0.4, 0.5) is 0 Å². The third-order valence-corrected chi connectivity index (χ3v) is 3.40. The van der Waals surface area contributed by atoms with Crippen LogP contribution in [0.15, 0.2) is 29.6 Å². The van der Waals surface area contributed by atoms with Crippen LogP contribution in [0.25, 0.3) is 0 Å². The predicted octanol–water partition coefficient (Wildman–Crippen LogP) is 2.81. The summed E-state index contributed by atoms with van der Waals surface area (Å²) < 4.78 is 5.14. The van der Waals surface area contributed by atoms with E-state index in [1.807, 2.05) is 36.6 Å². The minimum absolute atomic E-state index is 0.175. The summed E-state index contributed by atoms with van der Waals surface area (Å²) in [6.07, 6.45) is 0.829. The fraction of sp³-hybridized carbons (Fsp3) is 0.286. The van der Waals surface area contributed by atoms with Gasteiger partial charge >= 0.3 is 0 Å². The largest absolute Gasteiger partial charge is 0.497 e. The molecule has 0 saturated heterocycles. The molecule has 1 aromatic carbocycles. The second-order valence-corrected chi connectivity index (χ2v) is 5.16. The van der Waals surface area contributed by atoms with Crippen LogP contribution < -0.4 is 4.74 Å². The summed E-state index contributed by atoms with van der Waals surface area (Å²) in [5.74, 6) is 0.957. The Morgan fingerprint density at radius 1 is 1.39 bits per heavy atom. The first-order chi connectivity index (χ1) is 8.67. The number of nitrogens with zero attached hydrogens (tertiary/aromatic N) is 1. The van der Waals surface area contributed by atoms with Crippen LogP contribution in [-0.2, 0) is 17.6 Å². The molecule has 2 rings (SSSR count). The molecule has 0 unspecified atom stereocenters. The molecule has 0 N–H and O–H groups in total. The maximum absolute atomic E-state index is 11.9. The third-order valence-electron chi connectivity index (χ3n) is 2.58. The molecule has 0 saturated carbocycles. The zero-order chi connectivity index (χ0) is 13.0. The maximum atomic E-state index is 11.9. The average molecular weight is 261 g/mol. The highest BCUT2D eigenvalue weighted by Gasteiger charge is 2.08. The van der Waals surface area contributed by atoms with Crippen LogP contribution in [0.5, 0.6) is 5.75 Å². The van der Waals surface area contributed by atoms with Crippen molar-refractivity contribution in [2.45, 2.75) is 19.8 Å². The molecule has 2 aromatic rings. The molecule has 18 heavy (non-hydrogen) atoms. The number of Topliss-reactive ketones (excluding diaryl/α,β-unsaturated/α-hetero) is 1. The van der Waals surface area contributed by atoms with Crippen LogP contribution in [0.1, 0.15) is 16.3 Å². The average Bonchev–Trinajstić information content (AvgIpc) is 2.74. The Kier molecular flexibility index (Phi) is 4.10. The van der Waals surface area contributed by atoms with Gasteiger partial charge in [-0.3, -0.25) is 4.79 Å². The Morgan fingerprint density at radius 2 is 2.22 bits per heavy atom. The molecule has 3 nitrogen and oxygen atoms in total. The molecule has 0 radical (unpaired) electrons. The second kappa shape index (κ2) is 5.78. The summed E-state index contributed by atoms with van der Waals surface area (Å²) in [5, 5.41) is 2.94. The molecule has 1 heterocycles. The number of aryl methyl sites for hydroxylation is 1. The number of rotatable bonds is 5. The second-order valence-electron chi connectivity index (χ2n) is 4.10. The summed E-state index contributed by atoms with van der Waals surface area (Å²) in [6.45, 7) is 1.95. The molecule has 0 bridgehead atoms.